The first kappa shape index (κ1) is 19.4. The first-order valence-electron chi connectivity index (χ1n) is 7.72. The van der Waals surface area contributed by atoms with Gasteiger partial charge in [0.05, 0.1) is 16.2 Å². The summed E-state index contributed by atoms with van der Waals surface area (Å²) >= 11 is 11.8. The van der Waals surface area contributed by atoms with Crippen molar-refractivity contribution in [2.75, 3.05) is 0 Å². The molecule has 28 heavy (non-hydrogen) atoms. The second-order valence-electron chi connectivity index (χ2n) is 5.38. The summed E-state index contributed by atoms with van der Waals surface area (Å²) in [5.41, 5.74) is 3.02. The third-order valence-corrected chi connectivity index (χ3v) is 4.07. The van der Waals surface area contributed by atoms with E-state index in [0.717, 1.165) is 4.80 Å². The predicted molar refractivity (Wildman–Crippen MR) is 102 cm³/mol. The van der Waals surface area contributed by atoms with E-state index in [0.29, 0.717) is 16.1 Å². The fraction of sp³-hybridized carbons (Fsp3) is 0.0625. The maximum absolute atomic E-state index is 11.9. The van der Waals surface area contributed by atoms with Crippen LogP contribution in [0.15, 0.2) is 47.6 Å². The number of nitro groups is 1. The third-order valence-electron chi connectivity index (χ3n) is 3.42. The fourth-order valence-electron chi connectivity index (χ4n) is 2.15. The zero-order valence-corrected chi connectivity index (χ0v) is 15.5. The zero-order valence-electron chi connectivity index (χ0n) is 14.0. The molecule has 0 saturated heterocycles. The van der Waals surface area contributed by atoms with E-state index in [1.807, 2.05) is 0 Å². The van der Waals surface area contributed by atoms with Gasteiger partial charge in [-0.05, 0) is 23.4 Å². The van der Waals surface area contributed by atoms with Crippen LogP contribution in [0.3, 0.4) is 0 Å². The molecule has 12 heteroatoms. The molecule has 1 heterocycles. The molecule has 1 amide bonds. The van der Waals surface area contributed by atoms with Crippen molar-refractivity contribution in [1.29, 1.82) is 0 Å². The largest absolute Gasteiger partial charge is 0.288 e. The number of carbonyl (C=O) groups excluding carboxylic acids is 1. The van der Waals surface area contributed by atoms with E-state index in [4.69, 9.17) is 23.2 Å². The minimum atomic E-state index is -0.606. The summed E-state index contributed by atoms with van der Waals surface area (Å²) in [5, 5.41) is 26.8. The maximum Gasteiger partial charge on any atom is 0.288 e. The number of aromatic nitrogens is 4. The van der Waals surface area contributed by atoms with Crippen molar-refractivity contribution < 1.29 is 9.72 Å². The Hall–Kier alpha value is -3.37. The Morgan fingerprint density at radius 2 is 2.04 bits per heavy atom. The number of nitrogens with zero attached hydrogens (tertiary/aromatic N) is 6. The van der Waals surface area contributed by atoms with Gasteiger partial charge in [0, 0.05) is 17.2 Å². The van der Waals surface area contributed by atoms with Gasteiger partial charge in [0.25, 0.3) is 11.6 Å². The van der Waals surface area contributed by atoms with E-state index >= 15 is 0 Å². The lowest BCUT2D eigenvalue weighted by Crippen LogP contribution is -2.24. The minimum Gasteiger partial charge on any atom is -0.271 e. The first-order valence-corrected chi connectivity index (χ1v) is 8.48. The molecule has 3 aromatic rings. The number of halogens is 2. The van der Waals surface area contributed by atoms with Crippen molar-refractivity contribution in [3.8, 4) is 11.4 Å². The van der Waals surface area contributed by atoms with E-state index in [1.54, 1.807) is 24.3 Å². The molecule has 0 aliphatic carbocycles. The molecule has 0 atom stereocenters. The number of hydrogen-bond donors (Lipinski definition) is 1. The average molecular weight is 420 g/mol. The molecule has 3 rings (SSSR count). The molecule has 0 unspecified atom stereocenters. The van der Waals surface area contributed by atoms with Crippen LogP contribution in [0.25, 0.3) is 11.4 Å². The highest BCUT2D eigenvalue weighted by Gasteiger charge is 2.13. The van der Waals surface area contributed by atoms with Crippen molar-refractivity contribution in [2.45, 2.75) is 6.54 Å². The molecule has 1 N–H and O–H groups in total. The number of tetrazole rings is 1. The minimum absolute atomic E-state index is 0.0118. The van der Waals surface area contributed by atoms with Crippen molar-refractivity contribution in [1.82, 2.24) is 25.6 Å². The first-order chi connectivity index (χ1) is 13.4. The van der Waals surface area contributed by atoms with Gasteiger partial charge in [0.2, 0.25) is 5.82 Å². The summed E-state index contributed by atoms with van der Waals surface area (Å²) in [4.78, 5) is 23.3. The number of carbonyl (C=O) groups is 1. The normalized spacial score (nSPS) is 10.9. The average Bonchev–Trinajstić information content (AvgIpc) is 3.11. The summed E-state index contributed by atoms with van der Waals surface area (Å²) in [6.07, 6.45) is 1.26. The van der Waals surface area contributed by atoms with Gasteiger partial charge in [0.15, 0.2) is 0 Å². The van der Waals surface area contributed by atoms with Gasteiger partial charge in [-0.3, -0.25) is 14.9 Å². The molecule has 0 bridgehead atoms. The van der Waals surface area contributed by atoms with Crippen LogP contribution >= 0.6 is 23.2 Å². The molecular weight excluding hydrogens is 409 g/mol. The van der Waals surface area contributed by atoms with Crippen LogP contribution < -0.4 is 5.43 Å². The smallest absolute Gasteiger partial charge is 0.271 e. The second kappa shape index (κ2) is 8.55. The zero-order chi connectivity index (χ0) is 20.1. The van der Waals surface area contributed by atoms with Crippen LogP contribution in [-0.2, 0) is 11.3 Å². The van der Waals surface area contributed by atoms with Gasteiger partial charge in [-0.25, -0.2) is 5.43 Å². The highest BCUT2D eigenvalue weighted by atomic mass is 35.5. The van der Waals surface area contributed by atoms with E-state index in [1.165, 1.54) is 24.4 Å². The molecule has 0 spiro atoms. The number of rotatable bonds is 6. The molecule has 0 saturated carbocycles. The predicted octanol–water partition coefficient (Wildman–Crippen LogP) is 2.71. The number of amides is 1. The highest BCUT2D eigenvalue weighted by molar-refractivity contribution is 6.33. The van der Waals surface area contributed by atoms with E-state index in [-0.39, 0.29) is 23.1 Å². The summed E-state index contributed by atoms with van der Waals surface area (Å²) < 4.78 is 0. The Labute approximate surface area is 167 Å². The Morgan fingerprint density at radius 1 is 1.25 bits per heavy atom. The van der Waals surface area contributed by atoms with Crippen LogP contribution in [0.2, 0.25) is 10.0 Å². The van der Waals surface area contributed by atoms with Crippen molar-refractivity contribution in [3.05, 3.63) is 68.2 Å². The lowest BCUT2D eigenvalue weighted by molar-refractivity contribution is -0.384. The van der Waals surface area contributed by atoms with Crippen LogP contribution in [-0.4, -0.2) is 37.3 Å². The maximum atomic E-state index is 11.9. The van der Waals surface area contributed by atoms with Crippen molar-refractivity contribution in [3.63, 3.8) is 0 Å². The molecule has 0 fully saturated rings. The van der Waals surface area contributed by atoms with Crippen LogP contribution in [0, 0.1) is 10.1 Å². The second-order valence-corrected chi connectivity index (χ2v) is 6.20. The Kier molecular flexibility index (Phi) is 5.92. The topological polar surface area (TPSA) is 128 Å². The van der Waals surface area contributed by atoms with Gasteiger partial charge in [-0.2, -0.15) is 9.90 Å². The molecule has 142 valence electrons. The van der Waals surface area contributed by atoms with E-state index < -0.39 is 10.8 Å². The van der Waals surface area contributed by atoms with Crippen LogP contribution in [0.5, 0.6) is 0 Å². The molecular formula is C16H11Cl2N7O3. The fourth-order valence-corrected chi connectivity index (χ4v) is 2.56. The number of nitro benzene ring substituents is 1. The van der Waals surface area contributed by atoms with Gasteiger partial charge in [-0.15, -0.1) is 10.2 Å². The quantitative estimate of drug-likeness (QED) is 0.371. The third kappa shape index (κ3) is 4.67. The monoisotopic (exact) mass is 419 g/mol. The summed E-state index contributed by atoms with van der Waals surface area (Å²) in [5.74, 6) is -0.224. The number of hydrogen-bond acceptors (Lipinski definition) is 7. The Bertz CT molecular complexity index is 1070. The summed E-state index contributed by atoms with van der Waals surface area (Å²) in [6, 6.07) is 11.1. The van der Waals surface area contributed by atoms with Gasteiger partial charge < -0.3 is 0 Å². The van der Waals surface area contributed by atoms with Crippen LogP contribution in [0.1, 0.15) is 5.56 Å². The lowest BCUT2D eigenvalue weighted by Gasteiger charge is -1.99. The highest BCUT2D eigenvalue weighted by Crippen LogP contribution is 2.24. The molecule has 0 aliphatic rings. The summed E-state index contributed by atoms with van der Waals surface area (Å²) in [7, 11) is 0. The number of hydrazone groups is 1. The SMILES string of the molecule is O=C(Cn1nnc(-c2ccccc2Cl)n1)N/N=C\c1ccc(Cl)c([N+](=O)[O-])c1. The number of benzene rings is 2. The van der Waals surface area contributed by atoms with E-state index in [2.05, 4.69) is 25.9 Å². The molecule has 0 aliphatic heterocycles. The van der Waals surface area contributed by atoms with Gasteiger partial charge in [0.1, 0.15) is 11.6 Å². The number of nitrogens with one attached hydrogen (secondary N) is 1. The summed E-state index contributed by atoms with van der Waals surface area (Å²) in [6.45, 7) is -0.227. The standard InChI is InChI=1S/C16H11Cl2N7O3/c17-12-4-2-1-3-11(12)16-21-23-24(22-16)9-15(26)20-19-8-10-5-6-13(18)14(7-10)25(27)28/h1-8H,9H2,(H,20,26)/b19-8-. The molecule has 2 aromatic carbocycles. The van der Waals surface area contributed by atoms with Crippen molar-refractivity contribution >= 4 is 41.0 Å². The molecule has 0 radical (unpaired) electrons. The molecule has 1 aromatic heterocycles. The Morgan fingerprint density at radius 3 is 2.79 bits per heavy atom. The van der Waals surface area contributed by atoms with Gasteiger partial charge >= 0.3 is 0 Å². The van der Waals surface area contributed by atoms with Crippen LogP contribution in [0.4, 0.5) is 5.69 Å². The Balaban J connectivity index is 1.61. The van der Waals surface area contributed by atoms with Crippen molar-refractivity contribution in [2.24, 2.45) is 5.10 Å². The van der Waals surface area contributed by atoms with Gasteiger partial charge in [-0.1, -0.05) is 41.4 Å². The van der Waals surface area contributed by atoms with E-state index in [9.17, 15) is 14.9 Å². The molecule has 10 nitrogen and oxygen atoms in total. The lowest BCUT2D eigenvalue weighted by atomic mass is 10.2.